The first kappa shape index (κ1) is 18.0. The zero-order valence-electron chi connectivity index (χ0n) is 13.0. The van der Waals surface area contributed by atoms with Crippen LogP contribution >= 0.6 is 0 Å². The molecule has 0 aromatic heterocycles. The van der Waals surface area contributed by atoms with Gasteiger partial charge in [-0.2, -0.15) is 0 Å². The Labute approximate surface area is 133 Å². The van der Waals surface area contributed by atoms with Gasteiger partial charge in [0.1, 0.15) is 5.60 Å². The maximum absolute atomic E-state index is 11.4. The predicted molar refractivity (Wildman–Crippen MR) is 81.5 cm³/mol. The normalized spacial score (nSPS) is 10.2. The van der Waals surface area contributed by atoms with Crippen molar-refractivity contribution in [1.29, 1.82) is 0 Å². The van der Waals surface area contributed by atoms with Crippen LogP contribution in [0.4, 0.5) is 4.79 Å². The molecule has 0 fully saturated rings. The van der Waals surface area contributed by atoms with Crippen LogP contribution in [0.2, 0.25) is 0 Å². The fraction of sp³-hybridized carbons (Fsp3) is 0.312. The molecule has 0 spiro atoms. The number of benzene rings is 1. The maximum Gasteiger partial charge on any atom is 0.408 e. The first-order valence-electron chi connectivity index (χ1n) is 6.66. The molecule has 3 N–H and O–H groups in total. The van der Waals surface area contributed by atoms with Gasteiger partial charge in [-0.1, -0.05) is 11.8 Å². The van der Waals surface area contributed by atoms with Crippen LogP contribution in [-0.4, -0.2) is 40.4 Å². The summed E-state index contributed by atoms with van der Waals surface area (Å²) < 4.78 is 5.01. The van der Waals surface area contributed by atoms with Crippen LogP contribution in [-0.2, 0) is 4.74 Å². The number of carbonyl (C=O) groups is 3. The van der Waals surface area contributed by atoms with Crippen molar-refractivity contribution in [3.05, 3.63) is 34.9 Å². The standard InChI is InChI=1S/C16H17NO6/c1-16(2,3)23-15(22)17-8-4-5-10-9-11(13(18)19)6-7-12(10)14(20)21/h6-7,9H,8H2,1-3H3,(H,17,22)(H,18,19)(H,20,21). The topological polar surface area (TPSA) is 113 Å². The second-order valence-corrected chi connectivity index (χ2v) is 5.53. The van der Waals surface area contributed by atoms with Gasteiger partial charge in [0.2, 0.25) is 0 Å². The summed E-state index contributed by atoms with van der Waals surface area (Å²) in [5.41, 5.74) is -0.758. The maximum atomic E-state index is 11.4. The molecule has 0 heterocycles. The van der Waals surface area contributed by atoms with Crippen LogP contribution in [0, 0.1) is 11.8 Å². The minimum Gasteiger partial charge on any atom is -0.478 e. The molecule has 0 aliphatic heterocycles. The molecule has 122 valence electrons. The van der Waals surface area contributed by atoms with Gasteiger partial charge in [-0.25, -0.2) is 14.4 Å². The van der Waals surface area contributed by atoms with Gasteiger partial charge >= 0.3 is 18.0 Å². The van der Waals surface area contributed by atoms with Crippen molar-refractivity contribution < 1.29 is 29.3 Å². The Morgan fingerprint density at radius 2 is 1.83 bits per heavy atom. The number of carbonyl (C=O) groups excluding carboxylic acids is 1. The molecule has 1 aromatic rings. The van der Waals surface area contributed by atoms with Gasteiger partial charge in [0.05, 0.1) is 17.7 Å². The molecule has 0 radical (unpaired) electrons. The van der Waals surface area contributed by atoms with Crippen LogP contribution in [0.3, 0.4) is 0 Å². The Kier molecular flexibility index (Phi) is 5.74. The van der Waals surface area contributed by atoms with E-state index in [0.717, 1.165) is 0 Å². The number of carboxylic acid groups (broad SMARTS) is 2. The Morgan fingerprint density at radius 1 is 1.17 bits per heavy atom. The zero-order valence-corrected chi connectivity index (χ0v) is 13.0. The number of hydrogen-bond acceptors (Lipinski definition) is 4. The van der Waals surface area contributed by atoms with Gasteiger partial charge in [-0.05, 0) is 39.0 Å². The predicted octanol–water partition coefficient (Wildman–Crippen LogP) is 1.96. The Bertz CT molecular complexity index is 691. The molecule has 7 heteroatoms. The van der Waals surface area contributed by atoms with E-state index in [1.54, 1.807) is 20.8 Å². The first-order chi connectivity index (χ1) is 10.6. The van der Waals surface area contributed by atoms with Crippen LogP contribution in [0.1, 0.15) is 47.1 Å². The van der Waals surface area contributed by atoms with E-state index in [1.807, 2.05) is 0 Å². The molecule has 0 aliphatic rings. The molecule has 1 rings (SSSR count). The van der Waals surface area contributed by atoms with Gasteiger partial charge < -0.3 is 20.3 Å². The van der Waals surface area contributed by atoms with E-state index in [1.165, 1.54) is 18.2 Å². The third-order valence-corrected chi connectivity index (χ3v) is 2.44. The smallest absolute Gasteiger partial charge is 0.408 e. The van der Waals surface area contributed by atoms with Crippen molar-refractivity contribution in [1.82, 2.24) is 5.32 Å². The van der Waals surface area contributed by atoms with Gasteiger partial charge in [-0.3, -0.25) is 0 Å². The minimum absolute atomic E-state index is 0.0587. The van der Waals surface area contributed by atoms with E-state index >= 15 is 0 Å². The van der Waals surface area contributed by atoms with E-state index in [4.69, 9.17) is 14.9 Å². The number of ether oxygens (including phenoxy) is 1. The number of nitrogens with one attached hydrogen (secondary N) is 1. The lowest BCUT2D eigenvalue weighted by molar-refractivity contribution is 0.0533. The zero-order chi connectivity index (χ0) is 17.6. The summed E-state index contributed by atoms with van der Waals surface area (Å²) in [5.74, 6) is 2.71. The van der Waals surface area contributed by atoms with Crippen LogP contribution in [0.5, 0.6) is 0 Å². The fourth-order valence-electron chi connectivity index (χ4n) is 1.54. The Hall–Kier alpha value is -3.01. The fourth-order valence-corrected chi connectivity index (χ4v) is 1.54. The molecule has 23 heavy (non-hydrogen) atoms. The summed E-state index contributed by atoms with van der Waals surface area (Å²) in [7, 11) is 0. The van der Waals surface area contributed by atoms with Gasteiger partial charge in [0.15, 0.2) is 0 Å². The van der Waals surface area contributed by atoms with Crippen LogP contribution in [0.15, 0.2) is 18.2 Å². The highest BCUT2D eigenvalue weighted by atomic mass is 16.6. The number of hydrogen-bond donors (Lipinski definition) is 3. The molecular weight excluding hydrogens is 302 g/mol. The molecule has 0 unspecified atom stereocenters. The number of rotatable bonds is 3. The minimum atomic E-state index is -1.22. The van der Waals surface area contributed by atoms with Gasteiger partial charge in [0.25, 0.3) is 0 Å². The first-order valence-corrected chi connectivity index (χ1v) is 6.66. The molecule has 7 nitrogen and oxygen atoms in total. The van der Waals surface area contributed by atoms with Crippen molar-refractivity contribution in [3.63, 3.8) is 0 Å². The average Bonchev–Trinajstić information content (AvgIpc) is 2.41. The highest BCUT2D eigenvalue weighted by Crippen LogP contribution is 2.11. The van der Waals surface area contributed by atoms with Crippen molar-refractivity contribution in [2.45, 2.75) is 26.4 Å². The van der Waals surface area contributed by atoms with E-state index in [9.17, 15) is 14.4 Å². The van der Waals surface area contributed by atoms with E-state index < -0.39 is 23.6 Å². The largest absolute Gasteiger partial charge is 0.478 e. The highest BCUT2D eigenvalue weighted by molar-refractivity contribution is 5.94. The summed E-state index contributed by atoms with van der Waals surface area (Å²) >= 11 is 0. The van der Waals surface area contributed by atoms with Gasteiger partial charge in [-0.15, -0.1) is 0 Å². The monoisotopic (exact) mass is 319 g/mol. The third-order valence-electron chi connectivity index (χ3n) is 2.44. The number of aromatic carboxylic acids is 2. The summed E-state index contributed by atoms with van der Waals surface area (Å²) in [4.78, 5) is 33.4. The van der Waals surface area contributed by atoms with Crippen LogP contribution in [0.25, 0.3) is 0 Å². The molecule has 1 amide bonds. The summed E-state index contributed by atoms with van der Waals surface area (Å²) in [6.07, 6.45) is -0.649. The molecule has 0 bridgehead atoms. The van der Waals surface area contributed by atoms with Crippen LogP contribution < -0.4 is 5.32 Å². The molecule has 0 saturated carbocycles. The third kappa shape index (κ3) is 6.09. The molecular formula is C16H17NO6. The quantitative estimate of drug-likeness (QED) is 0.734. The average molecular weight is 319 g/mol. The number of carboxylic acids is 2. The summed E-state index contributed by atoms with van der Waals surface area (Å²) in [6.45, 7) is 5.09. The Morgan fingerprint density at radius 3 is 2.35 bits per heavy atom. The lowest BCUT2D eigenvalue weighted by atomic mass is 10.0. The summed E-state index contributed by atoms with van der Waals surface area (Å²) in [6, 6.07) is 3.54. The SMILES string of the molecule is CC(C)(C)OC(=O)NCC#Cc1cc(C(=O)O)ccc1C(=O)O. The molecule has 0 aliphatic carbocycles. The van der Waals surface area contributed by atoms with E-state index in [-0.39, 0.29) is 23.2 Å². The van der Waals surface area contributed by atoms with Crippen molar-refractivity contribution >= 4 is 18.0 Å². The summed E-state index contributed by atoms with van der Waals surface area (Å²) in [5, 5.41) is 20.4. The van der Waals surface area contributed by atoms with Crippen molar-refractivity contribution in [3.8, 4) is 11.8 Å². The number of amides is 1. The molecule has 0 atom stereocenters. The highest BCUT2D eigenvalue weighted by Gasteiger charge is 2.15. The Balaban J connectivity index is 2.84. The second kappa shape index (κ2) is 7.31. The molecule has 1 aromatic carbocycles. The lowest BCUT2D eigenvalue weighted by Gasteiger charge is -2.19. The number of alkyl carbamates (subject to hydrolysis) is 1. The van der Waals surface area contributed by atoms with Gasteiger partial charge in [0, 0.05) is 5.56 Å². The van der Waals surface area contributed by atoms with Crippen molar-refractivity contribution in [2.75, 3.05) is 6.54 Å². The molecule has 0 saturated heterocycles. The van der Waals surface area contributed by atoms with E-state index in [0.29, 0.717) is 0 Å². The van der Waals surface area contributed by atoms with E-state index in [2.05, 4.69) is 17.2 Å². The second-order valence-electron chi connectivity index (χ2n) is 5.53. The lowest BCUT2D eigenvalue weighted by Crippen LogP contribution is -2.32. The van der Waals surface area contributed by atoms with Crippen molar-refractivity contribution in [2.24, 2.45) is 0 Å².